The first-order valence-electron chi connectivity index (χ1n) is 18.7. The molecule has 4 nitrogen and oxygen atoms in total. The number of allylic oxidation sites excluding steroid dienone is 8. The molecule has 4 heteroatoms. The molecular weight excluding hydrogens is 647 g/mol. The predicted octanol–water partition coefficient (Wildman–Crippen LogP) is 12.2. The van der Waals surface area contributed by atoms with Crippen molar-refractivity contribution in [3.63, 3.8) is 0 Å². The number of ether oxygens (including phenoxy) is 1. The van der Waals surface area contributed by atoms with Gasteiger partial charge in [0.2, 0.25) is 0 Å². The summed E-state index contributed by atoms with van der Waals surface area (Å²) in [6.45, 7) is 2.38. The van der Waals surface area contributed by atoms with Gasteiger partial charge in [0.25, 0.3) is 0 Å². The van der Waals surface area contributed by atoms with E-state index in [1.807, 2.05) is 6.07 Å². The molecule has 1 aliphatic heterocycles. The minimum atomic E-state index is 0.143. The third-order valence-corrected chi connectivity index (χ3v) is 11.9. The Balaban J connectivity index is 1.23. The number of hydrogen-bond acceptors (Lipinski definition) is 3. The van der Waals surface area contributed by atoms with Crippen molar-refractivity contribution in [1.29, 1.82) is 0 Å². The van der Waals surface area contributed by atoms with Gasteiger partial charge in [-0.3, -0.25) is 4.57 Å². The Morgan fingerprint density at radius 1 is 0.679 bits per heavy atom. The summed E-state index contributed by atoms with van der Waals surface area (Å²) in [4.78, 5) is 11.0. The van der Waals surface area contributed by atoms with Gasteiger partial charge in [-0.25, -0.2) is 9.97 Å². The van der Waals surface area contributed by atoms with E-state index in [0.717, 1.165) is 63.5 Å². The standard InChI is InChI=1S/C49H33N3O/c1-28-12-9-16-32-33-18-11-22-40-46(33)47-41(27-36(29-13-3-2-4-14-29)34-17-10-19-35(44(28)32)45(34)47)52(40)49-48(50-38-20-6-7-21-39(38)51-49)30-24-25-43-37(26-30)31-15-5-8-23-42(31)53-43/h2-11,13-25,27-28,37H,12,26H2,1H3. The first kappa shape index (κ1) is 29.1. The fourth-order valence-electron chi connectivity index (χ4n) is 9.63. The molecule has 0 radical (unpaired) electrons. The summed E-state index contributed by atoms with van der Waals surface area (Å²) < 4.78 is 8.75. The highest BCUT2D eigenvalue weighted by molar-refractivity contribution is 6.31. The predicted molar refractivity (Wildman–Crippen MR) is 217 cm³/mol. The SMILES string of the molecule is CC1CC=CC2=C1c1cccc3c(-c4ccccc4)cc4c(c13)c1c2cccc1n4-c1nc2ccccc2nc1C1=CC=C2Oc3ccccc3C2C1. The molecule has 2 unspecified atom stereocenters. The van der Waals surface area contributed by atoms with Gasteiger partial charge in [-0.05, 0) is 105 Å². The molecule has 4 aliphatic rings. The van der Waals surface area contributed by atoms with Crippen LogP contribution in [0.25, 0.3) is 77.3 Å². The lowest BCUT2D eigenvalue weighted by molar-refractivity contribution is 0.426. The van der Waals surface area contributed by atoms with Crippen molar-refractivity contribution in [2.75, 3.05) is 0 Å². The van der Waals surface area contributed by atoms with E-state index in [1.165, 1.54) is 60.5 Å². The maximum Gasteiger partial charge on any atom is 0.164 e. The van der Waals surface area contributed by atoms with E-state index in [1.54, 1.807) is 0 Å². The average Bonchev–Trinajstić information content (AvgIpc) is 3.71. The lowest BCUT2D eigenvalue weighted by Crippen LogP contribution is -2.10. The second-order valence-electron chi connectivity index (χ2n) is 14.9. The van der Waals surface area contributed by atoms with Crippen LogP contribution in [0.5, 0.6) is 5.75 Å². The van der Waals surface area contributed by atoms with Crippen molar-refractivity contribution in [2.45, 2.75) is 25.7 Å². The number of aromatic nitrogens is 3. The Morgan fingerprint density at radius 3 is 2.38 bits per heavy atom. The molecule has 0 amide bonds. The van der Waals surface area contributed by atoms with Crippen molar-refractivity contribution >= 4 is 60.3 Å². The van der Waals surface area contributed by atoms with Crippen LogP contribution >= 0.6 is 0 Å². The quantitative estimate of drug-likeness (QED) is 0.187. The van der Waals surface area contributed by atoms with E-state index >= 15 is 0 Å². The molecule has 2 atom stereocenters. The summed E-state index contributed by atoms with van der Waals surface area (Å²) in [7, 11) is 0. The second kappa shape index (κ2) is 10.8. The maximum atomic E-state index is 6.33. The van der Waals surface area contributed by atoms with Crippen molar-refractivity contribution in [2.24, 2.45) is 5.92 Å². The van der Waals surface area contributed by atoms with Gasteiger partial charge in [-0.2, -0.15) is 0 Å². The molecule has 3 aliphatic carbocycles. The van der Waals surface area contributed by atoms with Crippen LogP contribution in [-0.4, -0.2) is 14.5 Å². The zero-order chi connectivity index (χ0) is 34.8. The maximum absolute atomic E-state index is 6.33. The monoisotopic (exact) mass is 679 g/mol. The number of para-hydroxylation sites is 3. The highest BCUT2D eigenvalue weighted by atomic mass is 16.5. The molecule has 0 bridgehead atoms. The van der Waals surface area contributed by atoms with Gasteiger partial charge in [0.1, 0.15) is 17.2 Å². The molecule has 0 spiro atoms. The molecule has 2 aromatic heterocycles. The third kappa shape index (κ3) is 4.01. The van der Waals surface area contributed by atoms with E-state index in [-0.39, 0.29) is 5.92 Å². The van der Waals surface area contributed by atoms with Gasteiger partial charge >= 0.3 is 0 Å². The summed E-state index contributed by atoms with van der Waals surface area (Å²) in [6.07, 6.45) is 10.9. The molecule has 0 saturated heterocycles. The molecule has 0 fully saturated rings. The van der Waals surface area contributed by atoms with Gasteiger partial charge in [0.05, 0.1) is 22.1 Å². The first-order chi connectivity index (χ1) is 26.2. The zero-order valence-corrected chi connectivity index (χ0v) is 29.2. The van der Waals surface area contributed by atoms with E-state index < -0.39 is 0 Å². The van der Waals surface area contributed by atoms with Crippen LogP contribution in [0.15, 0.2) is 151 Å². The minimum Gasteiger partial charge on any atom is -0.461 e. The number of nitrogens with zero attached hydrogens (tertiary/aromatic N) is 3. The van der Waals surface area contributed by atoms with Crippen LogP contribution in [0.3, 0.4) is 0 Å². The van der Waals surface area contributed by atoms with Crippen LogP contribution in [-0.2, 0) is 0 Å². The van der Waals surface area contributed by atoms with E-state index in [0.29, 0.717) is 5.92 Å². The Morgan fingerprint density at radius 2 is 1.47 bits per heavy atom. The molecular formula is C49H33N3O. The van der Waals surface area contributed by atoms with E-state index in [2.05, 4.69) is 151 Å². The van der Waals surface area contributed by atoms with E-state index in [9.17, 15) is 0 Å². The van der Waals surface area contributed by atoms with Gasteiger partial charge in [0.15, 0.2) is 5.82 Å². The summed E-state index contributed by atoms with van der Waals surface area (Å²) >= 11 is 0. The van der Waals surface area contributed by atoms with Crippen LogP contribution < -0.4 is 4.74 Å². The van der Waals surface area contributed by atoms with Crippen LogP contribution in [0, 0.1) is 5.92 Å². The van der Waals surface area contributed by atoms with Crippen molar-refractivity contribution < 1.29 is 4.74 Å². The smallest absolute Gasteiger partial charge is 0.164 e. The van der Waals surface area contributed by atoms with E-state index in [4.69, 9.17) is 14.7 Å². The van der Waals surface area contributed by atoms with Gasteiger partial charge in [-0.15, -0.1) is 0 Å². The highest BCUT2D eigenvalue weighted by Crippen LogP contribution is 2.53. The summed E-state index contributed by atoms with van der Waals surface area (Å²) in [5, 5.41) is 5.17. The largest absolute Gasteiger partial charge is 0.461 e. The topological polar surface area (TPSA) is 39.9 Å². The number of benzene rings is 6. The third-order valence-electron chi connectivity index (χ3n) is 11.9. The van der Waals surface area contributed by atoms with Crippen molar-refractivity contribution in [3.05, 3.63) is 174 Å². The normalized spacial score (nSPS) is 18.4. The number of hydrogen-bond donors (Lipinski definition) is 0. The molecule has 0 N–H and O–H groups in total. The lowest BCUT2D eigenvalue weighted by Gasteiger charge is -2.24. The molecule has 0 saturated carbocycles. The van der Waals surface area contributed by atoms with Crippen molar-refractivity contribution in [1.82, 2.24) is 14.5 Å². The summed E-state index contributed by atoms with van der Waals surface area (Å²) in [5.41, 5.74) is 15.2. The highest BCUT2D eigenvalue weighted by Gasteiger charge is 2.35. The number of fused-ring (bicyclic) bond motifs is 6. The molecule has 12 rings (SSSR count). The van der Waals surface area contributed by atoms with Gasteiger partial charge in [0, 0.05) is 22.3 Å². The zero-order valence-electron chi connectivity index (χ0n) is 29.2. The molecule has 53 heavy (non-hydrogen) atoms. The van der Waals surface area contributed by atoms with Crippen LogP contribution in [0.2, 0.25) is 0 Å². The summed E-state index contributed by atoms with van der Waals surface area (Å²) in [6, 6.07) is 43.7. The Bertz CT molecular complexity index is 3050. The Hall–Kier alpha value is -6.52. The number of rotatable bonds is 3. The summed E-state index contributed by atoms with van der Waals surface area (Å²) in [5.74, 6) is 3.35. The lowest BCUT2D eigenvalue weighted by atomic mass is 9.80. The average molecular weight is 680 g/mol. The first-order valence-corrected chi connectivity index (χ1v) is 18.7. The van der Waals surface area contributed by atoms with Crippen LogP contribution in [0.4, 0.5) is 0 Å². The fourth-order valence-corrected chi connectivity index (χ4v) is 9.63. The van der Waals surface area contributed by atoms with Gasteiger partial charge in [-0.1, -0.05) is 116 Å². The minimum absolute atomic E-state index is 0.143. The van der Waals surface area contributed by atoms with Crippen LogP contribution in [0.1, 0.15) is 48.1 Å². The Labute approximate surface area is 306 Å². The molecule has 6 aromatic carbocycles. The van der Waals surface area contributed by atoms with Crippen molar-refractivity contribution in [3.8, 4) is 22.7 Å². The second-order valence-corrected chi connectivity index (χ2v) is 14.9. The molecule has 8 aromatic rings. The molecule has 250 valence electrons. The molecule has 3 heterocycles. The fraction of sp³-hybridized carbons (Fsp3) is 0.102. The Kier molecular flexibility index (Phi) is 5.90. The van der Waals surface area contributed by atoms with Gasteiger partial charge < -0.3 is 4.74 Å².